The van der Waals surface area contributed by atoms with Crippen LogP contribution >= 0.6 is 0 Å². The molecule has 0 unspecified atom stereocenters. The molecule has 2 heterocycles. The van der Waals surface area contributed by atoms with E-state index in [4.69, 9.17) is 0 Å². The number of hydrogen-bond donors (Lipinski definition) is 2. The maximum atomic E-state index is 12.1. The van der Waals surface area contributed by atoms with Crippen LogP contribution in [0.4, 0.5) is 0 Å². The zero-order chi connectivity index (χ0) is 15.2. The van der Waals surface area contributed by atoms with Crippen LogP contribution in [0.5, 0.6) is 0 Å². The Kier molecular flexibility index (Phi) is 3.67. The molecule has 0 spiro atoms. The highest BCUT2D eigenvalue weighted by Crippen LogP contribution is 2.37. The molecule has 1 aromatic carbocycles. The number of amides is 1. The van der Waals surface area contributed by atoms with E-state index in [1.807, 2.05) is 18.2 Å². The number of rotatable bonds is 3. The molecule has 2 fully saturated rings. The first kappa shape index (κ1) is 14.8. The van der Waals surface area contributed by atoms with Crippen molar-refractivity contribution in [1.29, 1.82) is 0 Å². The number of fused-ring (bicyclic) bond motifs is 1. The van der Waals surface area contributed by atoms with Crippen LogP contribution in [0.2, 0.25) is 19.1 Å². The average Bonchev–Trinajstić information content (AvgIpc) is 2.95. The Morgan fingerprint density at radius 2 is 1.86 bits per heavy atom. The van der Waals surface area contributed by atoms with Crippen molar-refractivity contribution in [3.63, 3.8) is 0 Å². The standard InChI is InChI=1S/C16H23NO3Si/c1-21(2,11-6-4-3-5-7-11)10-13-16(20)15(19)12-8-9-14(18)17(12)13/h3-7,12-13,15-16,19-20H,8-10H2,1-2H3/t12-,13-,15+,16-/m1/s1. The van der Waals surface area contributed by atoms with Gasteiger partial charge in [-0.15, -0.1) is 0 Å². The lowest BCUT2D eigenvalue weighted by atomic mass is 10.1. The van der Waals surface area contributed by atoms with E-state index in [1.165, 1.54) is 5.19 Å². The quantitative estimate of drug-likeness (QED) is 0.808. The molecule has 0 radical (unpaired) electrons. The molecule has 5 heteroatoms. The van der Waals surface area contributed by atoms with Crippen LogP contribution in [0, 0.1) is 0 Å². The SMILES string of the molecule is C[Si](C)(C[C@@H]1[C@@H](O)[C@@H](O)[C@H]2CCC(=O)N21)c1ccccc1. The van der Waals surface area contributed by atoms with Gasteiger partial charge in [-0.05, 0) is 12.5 Å². The van der Waals surface area contributed by atoms with Gasteiger partial charge in [-0.2, -0.15) is 0 Å². The van der Waals surface area contributed by atoms with E-state index < -0.39 is 20.3 Å². The number of aliphatic hydroxyl groups excluding tert-OH is 2. The highest BCUT2D eigenvalue weighted by Gasteiger charge is 2.53. The highest BCUT2D eigenvalue weighted by molar-refractivity contribution is 6.89. The molecule has 0 aromatic heterocycles. The number of hydrogen-bond acceptors (Lipinski definition) is 3. The van der Waals surface area contributed by atoms with E-state index in [0.717, 1.165) is 6.04 Å². The lowest BCUT2D eigenvalue weighted by Gasteiger charge is -2.32. The third-order valence-corrected chi connectivity index (χ3v) is 8.40. The van der Waals surface area contributed by atoms with Gasteiger partial charge in [0.05, 0.1) is 20.2 Å². The molecule has 0 bridgehead atoms. The van der Waals surface area contributed by atoms with Crippen LogP contribution in [0.3, 0.4) is 0 Å². The second-order valence-corrected chi connectivity index (χ2v) is 11.7. The predicted molar refractivity (Wildman–Crippen MR) is 84.0 cm³/mol. The van der Waals surface area contributed by atoms with Gasteiger partial charge in [0.2, 0.25) is 5.91 Å². The van der Waals surface area contributed by atoms with Crippen molar-refractivity contribution in [2.75, 3.05) is 0 Å². The van der Waals surface area contributed by atoms with Gasteiger partial charge in [0, 0.05) is 6.42 Å². The topological polar surface area (TPSA) is 60.8 Å². The van der Waals surface area contributed by atoms with Crippen molar-refractivity contribution in [1.82, 2.24) is 4.90 Å². The summed E-state index contributed by atoms with van der Waals surface area (Å²) < 4.78 is 0. The molecule has 2 aliphatic heterocycles. The third-order valence-electron chi connectivity index (χ3n) is 5.07. The summed E-state index contributed by atoms with van der Waals surface area (Å²) in [6.07, 6.45) is -0.434. The minimum atomic E-state index is -1.77. The van der Waals surface area contributed by atoms with Gasteiger partial charge in [-0.25, -0.2) is 0 Å². The molecule has 4 atom stereocenters. The highest BCUT2D eigenvalue weighted by atomic mass is 28.3. The van der Waals surface area contributed by atoms with Gasteiger partial charge < -0.3 is 15.1 Å². The number of nitrogens with zero attached hydrogens (tertiary/aromatic N) is 1. The van der Waals surface area contributed by atoms with Crippen molar-refractivity contribution in [3.05, 3.63) is 30.3 Å². The number of aliphatic hydroxyl groups is 2. The van der Waals surface area contributed by atoms with Gasteiger partial charge in [0.25, 0.3) is 0 Å². The third kappa shape index (κ3) is 2.43. The van der Waals surface area contributed by atoms with Crippen molar-refractivity contribution in [2.45, 2.75) is 56.3 Å². The van der Waals surface area contributed by atoms with E-state index in [0.29, 0.717) is 12.8 Å². The molecule has 2 saturated heterocycles. The number of benzene rings is 1. The summed E-state index contributed by atoms with van der Waals surface area (Å²) in [6, 6.07) is 10.7. The van der Waals surface area contributed by atoms with Crippen molar-refractivity contribution >= 4 is 19.2 Å². The molecular formula is C16H23NO3Si. The lowest BCUT2D eigenvalue weighted by Crippen LogP contribution is -2.50. The first-order valence-electron chi connectivity index (χ1n) is 7.64. The Hall–Kier alpha value is -1.17. The van der Waals surface area contributed by atoms with Crippen LogP contribution in [-0.4, -0.2) is 53.4 Å². The first-order chi connectivity index (χ1) is 9.92. The molecule has 0 saturated carbocycles. The summed E-state index contributed by atoms with van der Waals surface area (Å²) in [5.74, 6) is 0.0819. The van der Waals surface area contributed by atoms with Crippen molar-refractivity contribution < 1.29 is 15.0 Å². The maximum absolute atomic E-state index is 12.1. The maximum Gasteiger partial charge on any atom is 0.223 e. The summed E-state index contributed by atoms with van der Waals surface area (Å²) >= 11 is 0. The van der Waals surface area contributed by atoms with E-state index in [1.54, 1.807) is 4.90 Å². The molecule has 1 aromatic rings. The minimum Gasteiger partial charge on any atom is -0.388 e. The summed E-state index contributed by atoms with van der Waals surface area (Å²) in [4.78, 5) is 13.9. The van der Waals surface area contributed by atoms with Crippen LogP contribution in [0.15, 0.2) is 30.3 Å². The molecule has 3 rings (SSSR count). The molecule has 2 N–H and O–H groups in total. The smallest absolute Gasteiger partial charge is 0.223 e. The minimum absolute atomic E-state index is 0.0819. The fourth-order valence-electron chi connectivity index (χ4n) is 3.86. The first-order valence-corrected chi connectivity index (χ1v) is 10.9. The van der Waals surface area contributed by atoms with Gasteiger partial charge >= 0.3 is 0 Å². The Morgan fingerprint density at radius 3 is 2.52 bits per heavy atom. The Labute approximate surface area is 126 Å². The molecule has 0 aliphatic carbocycles. The van der Waals surface area contributed by atoms with E-state index in [-0.39, 0.29) is 18.0 Å². The largest absolute Gasteiger partial charge is 0.388 e. The summed E-state index contributed by atoms with van der Waals surface area (Å²) in [5.41, 5.74) is 0. The van der Waals surface area contributed by atoms with E-state index >= 15 is 0 Å². The summed E-state index contributed by atoms with van der Waals surface area (Å²) in [7, 11) is -1.77. The number of carbonyl (C=O) groups is 1. The van der Waals surface area contributed by atoms with Gasteiger partial charge in [-0.1, -0.05) is 48.6 Å². The van der Waals surface area contributed by atoms with Gasteiger partial charge in [0.1, 0.15) is 12.2 Å². The predicted octanol–water partition coefficient (Wildman–Crippen LogP) is 0.697. The Morgan fingerprint density at radius 1 is 1.19 bits per heavy atom. The molecule has 21 heavy (non-hydrogen) atoms. The van der Waals surface area contributed by atoms with Crippen LogP contribution in [0.1, 0.15) is 12.8 Å². The van der Waals surface area contributed by atoms with Gasteiger partial charge in [0.15, 0.2) is 0 Å². The fraction of sp³-hybridized carbons (Fsp3) is 0.562. The second kappa shape index (κ2) is 5.23. The van der Waals surface area contributed by atoms with Gasteiger partial charge in [-0.3, -0.25) is 4.79 Å². The van der Waals surface area contributed by atoms with Crippen molar-refractivity contribution in [3.8, 4) is 0 Å². The Balaban J connectivity index is 1.85. The average molecular weight is 305 g/mol. The fourth-order valence-corrected chi connectivity index (χ4v) is 6.67. The van der Waals surface area contributed by atoms with Crippen molar-refractivity contribution in [2.24, 2.45) is 0 Å². The van der Waals surface area contributed by atoms with E-state index in [9.17, 15) is 15.0 Å². The lowest BCUT2D eigenvalue weighted by molar-refractivity contribution is -0.130. The Bertz CT molecular complexity index is 534. The normalized spacial score (nSPS) is 32.6. The van der Waals surface area contributed by atoms with E-state index in [2.05, 4.69) is 25.2 Å². The van der Waals surface area contributed by atoms with Crippen LogP contribution in [0.25, 0.3) is 0 Å². The zero-order valence-corrected chi connectivity index (χ0v) is 13.6. The summed E-state index contributed by atoms with van der Waals surface area (Å²) in [6.45, 7) is 4.52. The molecule has 1 amide bonds. The molecule has 4 nitrogen and oxygen atoms in total. The molecule has 2 aliphatic rings. The van der Waals surface area contributed by atoms with Crippen LogP contribution < -0.4 is 5.19 Å². The number of carbonyl (C=O) groups excluding carboxylic acids is 1. The second-order valence-electron chi connectivity index (χ2n) is 6.91. The van der Waals surface area contributed by atoms with Crippen LogP contribution in [-0.2, 0) is 4.79 Å². The molecular weight excluding hydrogens is 282 g/mol. The molecule has 114 valence electrons. The summed E-state index contributed by atoms with van der Waals surface area (Å²) in [5, 5.41) is 21.9. The zero-order valence-electron chi connectivity index (χ0n) is 12.6. The monoisotopic (exact) mass is 305 g/mol.